The molecule has 0 bridgehead atoms. The van der Waals surface area contributed by atoms with E-state index in [1.165, 1.54) is 0 Å². The van der Waals surface area contributed by atoms with Crippen LogP contribution in [0.3, 0.4) is 0 Å². The van der Waals surface area contributed by atoms with Crippen molar-refractivity contribution in [3.63, 3.8) is 0 Å². The molecule has 0 fully saturated rings. The van der Waals surface area contributed by atoms with Gasteiger partial charge in [0.05, 0.1) is 6.04 Å². The van der Waals surface area contributed by atoms with Crippen molar-refractivity contribution in [1.82, 2.24) is 5.32 Å². The van der Waals surface area contributed by atoms with E-state index in [4.69, 9.17) is 5.73 Å². The van der Waals surface area contributed by atoms with E-state index >= 15 is 0 Å². The molecule has 0 heterocycles. The van der Waals surface area contributed by atoms with E-state index in [-0.39, 0.29) is 17.7 Å². The van der Waals surface area contributed by atoms with Gasteiger partial charge >= 0.3 is 0 Å². The maximum absolute atomic E-state index is 12.0. The molecule has 20 heavy (non-hydrogen) atoms. The summed E-state index contributed by atoms with van der Waals surface area (Å²) in [4.78, 5) is 12.0. The van der Waals surface area contributed by atoms with E-state index in [0.29, 0.717) is 12.3 Å². The van der Waals surface area contributed by atoms with Gasteiger partial charge in [-0.05, 0) is 43.4 Å². The molecule has 0 spiro atoms. The first-order valence-corrected chi connectivity index (χ1v) is 7.26. The van der Waals surface area contributed by atoms with Crippen molar-refractivity contribution in [3.8, 4) is 5.75 Å². The van der Waals surface area contributed by atoms with Gasteiger partial charge < -0.3 is 16.2 Å². The van der Waals surface area contributed by atoms with Gasteiger partial charge in [0.2, 0.25) is 5.91 Å². The Labute approximate surface area is 121 Å². The van der Waals surface area contributed by atoms with E-state index in [2.05, 4.69) is 19.2 Å². The summed E-state index contributed by atoms with van der Waals surface area (Å²) >= 11 is 0. The van der Waals surface area contributed by atoms with Gasteiger partial charge in [-0.15, -0.1) is 0 Å². The lowest BCUT2D eigenvalue weighted by molar-refractivity contribution is -0.123. The third-order valence-corrected chi connectivity index (χ3v) is 3.57. The Kier molecular flexibility index (Phi) is 6.52. The zero-order chi connectivity index (χ0) is 15.1. The number of aromatic hydroxyl groups is 1. The fraction of sp³-hybridized carbons (Fsp3) is 0.562. The summed E-state index contributed by atoms with van der Waals surface area (Å²) in [6.45, 7) is 6.34. The topological polar surface area (TPSA) is 75.4 Å². The number of amides is 1. The molecule has 1 amide bonds. The first kappa shape index (κ1) is 16.5. The molecular formula is C16H26N2O2. The van der Waals surface area contributed by atoms with Gasteiger partial charge in [-0.25, -0.2) is 0 Å². The van der Waals surface area contributed by atoms with Crippen molar-refractivity contribution >= 4 is 5.91 Å². The van der Waals surface area contributed by atoms with Crippen molar-refractivity contribution < 1.29 is 9.90 Å². The number of nitrogens with two attached hydrogens (primary N) is 1. The second kappa shape index (κ2) is 7.90. The number of phenolic OH excluding ortho intramolecular Hbond substituents is 1. The first-order valence-electron chi connectivity index (χ1n) is 7.26. The standard InChI is InChI=1S/C16H26N2O2/c1-4-11(2)9-12(3)18-16(20)15(17)10-13-5-7-14(19)8-6-13/h5-8,11-12,15,19H,4,9-10,17H2,1-3H3,(H,18,20). The van der Waals surface area contributed by atoms with Crippen LogP contribution in [0.5, 0.6) is 5.75 Å². The summed E-state index contributed by atoms with van der Waals surface area (Å²) < 4.78 is 0. The molecule has 1 rings (SSSR count). The number of carbonyl (C=O) groups excluding carboxylic acids is 1. The van der Waals surface area contributed by atoms with E-state index < -0.39 is 6.04 Å². The molecule has 1 aromatic rings. The third-order valence-electron chi connectivity index (χ3n) is 3.57. The quantitative estimate of drug-likeness (QED) is 0.715. The van der Waals surface area contributed by atoms with Gasteiger partial charge in [-0.3, -0.25) is 4.79 Å². The van der Waals surface area contributed by atoms with Gasteiger partial charge in [0.15, 0.2) is 0 Å². The van der Waals surface area contributed by atoms with E-state index in [9.17, 15) is 9.90 Å². The molecule has 4 nitrogen and oxygen atoms in total. The summed E-state index contributed by atoms with van der Waals surface area (Å²) in [5, 5.41) is 12.2. The number of carbonyl (C=O) groups is 1. The Morgan fingerprint density at radius 3 is 2.45 bits per heavy atom. The summed E-state index contributed by atoms with van der Waals surface area (Å²) in [5.41, 5.74) is 6.87. The molecule has 1 aromatic carbocycles. The number of benzene rings is 1. The van der Waals surface area contributed by atoms with Gasteiger partial charge in [-0.1, -0.05) is 32.4 Å². The smallest absolute Gasteiger partial charge is 0.237 e. The Hall–Kier alpha value is -1.55. The summed E-state index contributed by atoms with van der Waals surface area (Å²) in [5.74, 6) is 0.696. The highest BCUT2D eigenvalue weighted by Crippen LogP contribution is 2.12. The zero-order valence-electron chi connectivity index (χ0n) is 12.6. The Morgan fingerprint density at radius 2 is 1.90 bits per heavy atom. The average molecular weight is 278 g/mol. The van der Waals surface area contributed by atoms with Crippen LogP contribution in [0, 0.1) is 5.92 Å². The van der Waals surface area contributed by atoms with Crippen LogP contribution in [0.4, 0.5) is 0 Å². The van der Waals surface area contributed by atoms with E-state index in [1.54, 1.807) is 24.3 Å². The van der Waals surface area contributed by atoms with Crippen LogP contribution < -0.4 is 11.1 Å². The second-order valence-corrected chi connectivity index (χ2v) is 5.64. The molecule has 0 radical (unpaired) electrons. The predicted octanol–water partition coefficient (Wildman–Crippen LogP) is 2.20. The molecule has 3 atom stereocenters. The Balaban J connectivity index is 2.44. The van der Waals surface area contributed by atoms with Crippen molar-refractivity contribution in [1.29, 1.82) is 0 Å². The normalized spacial score (nSPS) is 15.4. The van der Waals surface area contributed by atoms with Gasteiger partial charge in [0.1, 0.15) is 5.75 Å². The lowest BCUT2D eigenvalue weighted by Gasteiger charge is -2.20. The van der Waals surface area contributed by atoms with Crippen molar-refractivity contribution in [3.05, 3.63) is 29.8 Å². The monoisotopic (exact) mass is 278 g/mol. The molecular weight excluding hydrogens is 252 g/mol. The highest BCUT2D eigenvalue weighted by Gasteiger charge is 2.17. The molecule has 3 unspecified atom stereocenters. The predicted molar refractivity (Wildman–Crippen MR) is 81.5 cm³/mol. The summed E-state index contributed by atoms with van der Waals surface area (Å²) in [6, 6.07) is 6.36. The van der Waals surface area contributed by atoms with Crippen LogP contribution in [0.2, 0.25) is 0 Å². The molecule has 4 heteroatoms. The number of phenols is 1. The number of hydrogen-bond donors (Lipinski definition) is 3. The Morgan fingerprint density at radius 1 is 1.30 bits per heavy atom. The second-order valence-electron chi connectivity index (χ2n) is 5.64. The van der Waals surface area contributed by atoms with Crippen molar-refractivity contribution in [2.24, 2.45) is 11.7 Å². The van der Waals surface area contributed by atoms with Gasteiger partial charge in [0, 0.05) is 6.04 Å². The molecule has 4 N–H and O–H groups in total. The van der Waals surface area contributed by atoms with Crippen molar-refractivity contribution in [2.45, 2.75) is 52.1 Å². The third kappa shape index (κ3) is 5.61. The van der Waals surface area contributed by atoms with Crippen LogP contribution in [0.15, 0.2) is 24.3 Å². The fourth-order valence-corrected chi connectivity index (χ4v) is 2.16. The highest BCUT2D eigenvalue weighted by molar-refractivity contribution is 5.82. The summed E-state index contributed by atoms with van der Waals surface area (Å²) in [6.07, 6.45) is 2.55. The minimum atomic E-state index is -0.557. The molecule has 0 saturated carbocycles. The molecule has 0 aliphatic carbocycles. The van der Waals surface area contributed by atoms with Crippen LogP contribution >= 0.6 is 0 Å². The SMILES string of the molecule is CCC(C)CC(C)NC(=O)C(N)Cc1ccc(O)cc1. The molecule has 0 aliphatic rings. The van der Waals surface area contributed by atoms with Gasteiger partial charge in [0.25, 0.3) is 0 Å². The number of rotatable bonds is 7. The minimum absolute atomic E-state index is 0.117. The molecule has 0 saturated heterocycles. The zero-order valence-corrected chi connectivity index (χ0v) is 12.6. The highest BCUT2D eigenvalue weighted by atomic mass is 16.3. The van der Waals surface area contributed by atoms with Crippen LogP contribution in [-0.4, -0.2) is 23.1 Å². The van der Waals surface area contributed by atoms with Crippen molar-refractivity contribution in [2.75, 3.05) is 0 Å². The molecule has 112 valence electrons. The van der Waals surface area contributed by atoms with E-state index in [1.807, 2.05) is 6.92 Å². The van der Waals surface area contributed by atoms with E-state index in [0.717, 1.165) is 18.4 Å². The maximum Gasteiger partial charge on any atom is 0.237 e. The Bertz CT molecular complexity index is 417. The van der Waals surface area contributed by atoms with Crippen LogP contribution in [0.1, 0.15) is 39.2 Å². The molecule has 0 aliphatic heterocycles. The number of nitrogens with one attached hydrogen (secondary N) is 1. The minimum Gasteiger partial charge on any atom is -0.508 e. The maximum atomic E-state index is 12.0. The first-order chi connectivity index (χ1) is 9.42. The lowest BCUT2D eigenvalue weighted by atomic mass is 9.99. The average Bonchev–Trinajstić information content (AvgIpc) is 2.40. The lowest BCUT2D eigenvalue weighted by Crippen LogP contribution is -2.45. The van der Waals surface area contributed by atoms with Crippen LogP contribution in [0.25, 0.3) is 0 Å². The fourth-order valence-electron chi connectivity index (χ4n) is 2.16. The summed E-state index contributed by atoms with van der Waals surface area (Å²) in [7, 11) is 0. The van der Waals surface area contributed by atoms with Crippen LogP contribution in [-0.2, 0) is 11.2 Å². The van der Waals surface area contributed by atoms with Gasteiger partial charge in [-0.2, -0.15) is 0 Å². The number of hydrogen-bond acceptors (Lipinski definition) is 3. The molecule has 0 aromatic heterocycles. The largest absolute Gasteiger partial charge is 0.508 e.